The number of aryl methyl sites for hydroxylation is 1. The number of ether oxygens (including phenoxy) is 1. The molecule has 0 fully saturated rings. The normalized spacial score (nSPS) is 10.3. The number of aromatic nitrogens is 1. The molecular formula is C15H18N2O. The van der Waals surface area contributed by atoms with Gasteiger partial charge in [-0.2, -0.15) is 0 Å². The molecule has 18 heavy (non-hydrogen) atoms. The standard InChI is InChI=1S/C15H18N2O/c1-3-16-11-13-6-8-14(9-7-13)18-15-5-4-10-17-12(15)2/h4-10,16H,3,11H2,1-2H3. The first-order valence-corrected chi connectivity index (χ1v) is 6.18. The van der Waals surface area contributed by atoms with Crippen molar-refractivity contribution >= 4 is 0 Å². The first-order chi connectivity index (χ1) is 8.79. The van der Waals surface area contributed by atoms with Crippen LogP contribution in [0.2, 0.25) is 0 Å². The Hall–Kier alpha value is -1.87. The van der Waals surface area contributed by atoms with Crippen LogP contribution in [0.15, 0.2) is 42.6 Å². The summed E-state index contributed by atoms with van der Waals surface area (Å²) < 4.78 is 5.79. The zero-order valence-electron chi connectivity index (χ0n) is 10.8. The Morgan fingerprint density at radius 3 is 2.61 bits per heavy atom. The van der Waals surface area contributed by atoms with Gasteiger partial charge in [0.2, 0.25) is 0 Å². The molecule has 1 aromatic heterocycles. The van der Waals surface area contributed by atoms with E-state index in [-0.39, 0.29) is 0 Å². The summed E-state index contributed by atoms with van der Waals surface area (Å²) in [4.78, 5) is 4.20. The van der Waals surface area contributed by atoms with Crippen LogP contribution in [0.5, 0.6) is 11.5 Å². The van der Waals surface area contributed by atoms with Gasteiger partial charge in [0.25, 0.3) is 0 Å². The van der Waals surface area contributed by atoms with E-state index in [2.05, 4.69) is 29.4 Å². The van der Waals surface area contributed by atoms with Gasteiger partial charge in [0, 0.05) is 12.7 Å². The van der Waals surface area contributed by atoms with Crippen LogP contribution in [0.1, 0.15) is 18.2 Å². The summed E-state index contributed by atoms with van der Waals surface area (Å²) in [5.74, 6) is 1.64. The largest absolute Gasteiger partial charge is 0.455 e. The third-order valence-corrected chi connectivity index (χ3v) is 2.69. The lowest BCUT2D eigenvalue weighted by Crippen LogP contribution is -2.11. The summed E-state index contributed by atoms with van der Waals surface area (Å²) in [5.41, 5.74) is 2.15. The Labute approximate surface area is 108 Å². The molecule has 3 heteroatoms. The van der Waals surface area contributed by atoms with Crippen molar-refractivity contribution in [2.45, 2.75) is 20.4 Å². The highest BCUT2D eigenvalue weighted by Crippen LogP contribution is 2.23. The molecule has 2 rings (SSSR count). The monoisotopic (exact) mass is 242 g/mol. The van der Waals surface area contributed by atoms with Crippen molar-refractivity contribution in [1.29, 1.82) is 0 Å². The molecule has 0 aliphatic heterocycles. The molecule has 0 radical (unpaired) electrons. The summed E-state index contributed by atoms with van der Waals surface area (Å²) in [7, 11) is 0. The maximum Gasteiger partial charge on any atom is 0.148 e. The lowest BCUT2D eigenvalue weighted by atomic mass is 10.2. The lowest BCUT2D eigenvalue weighted by molar-refractivity contribution is 0.475. The lowest BCUT2D eigenvalue weighted by Gasteiger charge is -2.08. The topological polar surface area (TPSA) is 34.1 Å². The van der Waals surface area contributed by atoms with Crippen LogP contribution in [-0.4, -0.2) is 11.5 Å². The molecule has 0 saturated heterocycles. The van der Waals surface area contributed by atoms with Gasteiger partial charge in [-0.1, -0.05) is 19.1 Å². The van der Waals surface area contributed by atoms with E-state index in [0.717, 1.165) is 30.3 Å². The van der Waals surface area contributed by atoms with E-state index >= 15 is 0 Å². The van der Waals surface area contributed by atoms with Gasteiger partial charge < -0.3 is 10.1 Å². The van der Waals surface area contributed by atoms with Crippen LogP contribution >= 0.6 is 0 Å². The van der Waals surface area contributed by atoms with Crippen molar-refractivity contribution in [2.24, 2.45) is 0 Å². The second kappa shape index (κ2) is 6.17. The van der Waals surface area contributed by atoms with Crippen molar-refractivity contribution in [3.8, 4) is 11.5 Å². The third-order valence-electron chi connectivity index (χ3n) is 2.69. The van der Waals surface area contributed by atoms with Crippen LogP contribution in [0.25, 0.3) is 0 Å². The summed E-state index contributed by atoms with van der Waals surface area (Å²) in [6.45, 7) is 5.91. The minimum Gasteiger partial charge on any atom is -0.455 e. The van der Waals surface area contributed by atoms with Gasteiger partial charge >= 0.3 is 0 Å². The molecule has 0 bridgehead atoms. The second-order valence-electron chi connectivity index (χ2n) is 4.11. The van der Waals surface area contributed by atoms with Crippen LogP contribution in [0.4, 0.5) is 0 Å². The number of hydrogen-bond donors (Lipinski definition) is 1. The maximum absolute atomic E-state index is 5.79. The van der Waals surface area contributed by atoms with Crippen molar-refractivity contribution in [3.05, 3.63) is 53.9 Å². The van der Waals surface area contributed by atoms with E-state index in [1.54, 1.807) is 6.20 Å². The molecule has 1 heterocycles. The van der Waals surface area contributed by atoms with Crippen LogP contribution < -0.4 is 10.1 Å². The van der Waals surface area contributed by atoms with Crippen LogP contribution in [0.3, 0.4) is 0 Å². The highest BCUT2D eigenvalue weighted by Gasteiger charge is 2.01. The fraction of sp³-hybridized carbons (Fsp3) is 0.267. The fourth-order valence-electron chi connectivity index (χ4n) is 1.65. The van der Waals surface area contributed by atoms with Gasteiger partial charge in [-0.05, 0) is 43.3 Å². The molecule has 94 valence electrons. The second-order valence-corrected chi connectivity index (χ2v) is 4.11. The van der Waals surface area contributed by atoms with Gasteiger partial charge in [-0.25, -0.2) is 0 Å². The molecular weight excluding hydrogens is 224 g/mol. The quantitative estimate of drug-likeness (QED) is 0.873. The first-order valence-electron chi connectivity index (χ1n) is 6.18. The average Bonchev–Trinajstić information content (AvgIpc) is 2.41. The van der Waals surface area contributed by atoms with E-state index in [9.17, 15) is 0 Å². The van der Waals surface area contributed by atoms with Crippen LogP contribution in [0, 0.1) is 6.92 Å². The van der Waals surface area contributed by atoms with E-state index in [4.69, 9.17) is 4.74 Å². The van der Waals surface area contributed by atoms with Crippen LogP contribution in [-0.2, 0) is 6.54 Å². The van der Waals surface area contributed by atoms with E-state index in [1.165, 1.54) is 5.56 Å². The van der Waals surface area contributed by atoms with Gasteiger partial charge in [-0.3, -0.25) is 4.98 Å². The molecule has 0 saturated carbocycles. The average molecular weight is 242 g/mol. The van der Waals surface area contributed by atoms with E-state index < -0.39 is 0 Å². The Balaban J connectivity index is 2.04. The van der Waals surface area contributed by atoms with Gasteiger partial charge in [0.15, 0.2) is 0 Å². The maximum atomic E-state index is 5.79. The minimum absolute atomic E-state index is 0.803. The number of benzene rings is 1. The summed E-state index contributed by atoms with van der Waals surface area (Å²) in [6, 6.07) is 11.9. The Bertz CT molecular complexity index is 494. The number of nitrogens with zero attached hydrogens (tertiary/aromatic N) is 1. The van der Waals surface area contributed by atoms with Gasteiger partial charge in [-0.15, -0.1) is 0 Å². The summed E-state index contributed by atoms with van der Waals surface area (Å²) >= 11 is 0. The molecule has 0 atom stereocenters. The van der Waals surface area contributed by atoms with Crippen molar-refractivity contribution in [2.75, 3.05) is 6.54 Å². The number of pyridine rings is 1. The molecule has 1 N–H and O–H groups in total. The predicted molar refractivity (Wildman–Crippen MR) is 72.9 cm³/mol. The van der Waals surface area contributed by atoms with Crippen molar-refractivity contribution in [3.63, 3.8) is 0 Å². The first kappa shape index (κ1) is 12.6. The molecule has 1 aromatic carbocycles. The Kier molecular flexibility index (Phi) is 4.31. The number of hydrogen-bond acceptors (Lipinski definition) is 3. The zero-order chi connectivity index (χ0) is 12.8. The van der Waals surface area contributed by atoms with Gasteiger partial charge in [0.1, 0.15) is 11.5 Å². The third kappa shape index (κ3) is 3.31. The Morgan fingerprint density at radius 2 is 1.94 bits per heavy atom. The number of rotatable bonds is 5. The molecule has 0 spiro atoms. The molecule has 3 nitrogen and oxygen atoms in total. The highest BCUT2D eigenvalue weighted by atomic mass is 16.5. The minimum atomic E-state index is 0.803. The zero-order valence-corrected chi connectivity index (χ0v) is 10.8. The molecule has 0 aliphatic carbocycles. The highest BCUT2D eigenvalue weighted by molar-refractivity contribution is 5.34. The number of nitrogens with one attached hydrogen (secondary N) is 1. The van der Waals surface area contributed by atoms with E-state index in [1.807, 2.05) is 31.2 Å². The smallest absolute Gasteiger partial charge is 0.148 e. The molecule has 0 unspecified atom stereocenters. The summed E-state index contributed by atoms with van der Waals surface area (Å²) in [5, 5.41) is 3.29. The Morgan fingerprint density at radius 1 is 1.17 bits per heavy atom. The van der Waals surface area contributed by atoms with Crippen molar-refractivity contribution < 1.29 is 4.74 Å². The molecule has 0 amide bonds. The SMILES string of the molecule is CCNCc1ccc(Oc2cccnc2C)cc1. The van der Waals surface area contributed by atoms with Crippen molar-refractivity contribution in [1.82, 2.24) is 10.3 Å². The van der Waals surface area contributed by atoms with Gasteiger partial charge in [0.05, 0.1) is 5.69 Å². The predicted octanol–water partition coefficient (Wildman–Crippen LogP) is 3.29. The fourth-order valence-corrected chi connectivity index (χ4v) is 1.65. The molecule has 0 aliphatic rings. The molecule has 2 aromatic rings. The van der Waals surface area contributed by atoms with E-state index in [0.29, 0.717) is 0 Å². The summed E-state index contributed by atoms with van der Waals surface area (Å²) in [6.07, 6.45) is 1.77.